The van der Waals surface area contributed by atoms with E-state index in [4.69, 9.17) is 0 Å². The molecule has 19 heavy (non-hydrogen) atoms. The Morgan fingerprint density at radius 1 is 1.42 bits per heavy atom. The Kier molecular flexibility index (Phi) is 4.53. The summed E-state index contributed by atoms with van der Waals surface area (Å²) in [7, 11) is 1.84. The zero-order valence-electron chi connectivity index (χ0n) is 11.5. The van der Waals surface area contributed by atoms with E-state index in [2.05, 4.69) is 12.2 Å². The van der Waals surface area contributed by atoms with E-state index in [-0.39, 0.29) is 17.8 Å². The molecule has 0 spiro atoms. The number of amides is 1. The molecule has 0 aliphatic carbocycles. The van der Waals surface area contributed by atoms with Gasteiger partial charge in [-0.3, -0.25) is 4.79 Å². The lowest BCUT2D eigenvalue weighted by Gasteiger charge is -2.33. The number of nitrogens with zero attached hydrogens (tertiary/aromatic N) is 1. The van der Waals surface area contributed by atoms with Crippen molar-refractivity contribution in [1.29, 1.82) is 0 Å². The summed E-state index contributed by atoms with van der Waals surface area (Å²) in [5, 5.41) is 3.58. The highest BCUT2D eigenvalue weighted by molar-refractivity contribution is 5.76. The van der Waals surface area contributed by atoms with Crippen LogP contribution in [0.5, 0.6) is 0 Å². The maximum absolute atomic E-state index is 12.9. The quantitative estimate of drug-likeness (QED) is 0.906. The first-order valence-corrected chi connectivity index (χ1v) is 6.85. The van der Waals surface area contributed by atoms with Gasteiger partial charge in [0.2, 0.25) is 5.91 Å². The van der Waals surface area contributed by atoms with E-state index in [0.29, 0.717) is 12.5 Å². The zero-order chi connectivity index (χ0) is 13.8. The van der Waals surface area contributed by atoms with E-state index in [1.54, 1.807) is 4.90 Å². The smallest absolute Gasteiger partial charge is 0.222 e. The molecule has 1 N–H and O–H groups in total. The van der Waals surface area contributed by atoms with Gasteiger partial charge in [-0.1, -0.05) is 19.1 Å². The molecule has 0 bridgehead atoms. The summed E-state index contributed by atoms with van der Waals surface area (Å²) in [6, 6.07) is 7.18. The Labute approximate surface area is 113 Å². The molecule has 1 aromatic carbocycles. The first kappa shape index (κ1) is 14.0. The number of halogens is 1. The topological polar surface area (TPSA) is 32.3 Å². The predicted octanol–water partition coefficient (Wildman–Crippen LogP) is 2.49. The van der Waals surface area contributed by atoms with Crippen LogP contribution in [0, 0.1) is 5.82 Å². The minimum absolute atomic E-state index is 0.207. The molecular formula is C15H21FN2O. The Balaban J connectivity index is 1.99. The van der Waals surface area contributed by atoms with E-state index in [1.807, 2.05) is 19.2 Å². The van der Waals surface area contributed by atoms with Gasteiger partial charge in [0, 0.05) is 32.1 Å². The van der Waals surface area contributed by atoms with Gasteiger partial charge in [0.25, 0.3) is 0 Å². The fraction of sp³-hybridized carbons (Fsp3) is 0.533. The van der Waals surface area contributed by atoms with Crippen LogP contribution in [0.25, 0.3) is 0 Å². The van der Waals surface area contributed by atoms with Gasteiger partial charge in [-0.25, -0.2) is 4.39 Å². The second-order valence-corrected chi connectivity index (χ2v) is 5.19. The Morgan fingerprint density at radius 3 is 2.68 bits per heavy atom. The fourth-order valence-electron chi connectivity index (χ4n) is 2.58. The van der Waals surface area contributed by atoms with E-state index in [0.717, 1.165) is 24.9 Å². The van der Waals surface area contributed by atoms with Crippen LogP contribution < -0.4 is 5.32 Å². The first-order chi connectivity index (χ1) is 9.10. The minimum Gasteiger partial charge on any atom is -0.344 e. The lowest BCUT2D eigenvalue weighted by atomic mass is 10.00. The van der Waals surface area contributed by atoms with Crippen molar-refractivity contribution in [3.8, 4) is 0 Å². The molecule has 2 unspecified atom stereocenters. The van der Waals surface area contributed by atoms with Crippen molar-refractivity contribution in [2.75, 3.05) is 13.6 Å². The molecule has 1 heterocycles. The monoisotopic (exact) mass is 264 g/mol. The van der Waals surface area contributed by atoms with E-state index < -0.39 is 0 Å². The third-order valence-electron chi connectivity index (χ3n) is 3.74. The molecule has 1 saturated heterocycles. The van der Waals surface area contributed by atoms with Crippen LogP contribution in [0.1, 0.15) is 37.8 Å². The van der Waals surface area contributed by atoms with Crippen LogP contribution in [0.4, 0.5) is 4.39 Å². The Bertz CT molecular complexity index is 432. The normalized spacial score (nSPS) is 21.5. The van der Waals surface area contributed by atoms with Crippen molar-refractivity contribution in [2.45, 2.75) is 38.3 Å². The maximum atomic E-state index is 12.9. The largest absolute Gasteiger partial charge is 0.344 e. The Hall–Kier alpha value is -1.42. The lowest BCUT2D eigenvalue weighted by Crippen LogP contribution is -2.47. The van der Waals surface area contributed by atoms with Gasteiger partial charge in [0.05, 0.1) is 0 Å². The summed E-state index contributed by atoms with van der Waals surface area (Å²) < 4.78 is 12.9. The molecule has 1 amide bonds. The number of hydrogen-bond acceptors (Lipinski definition) is 2. The van der Waals surface area contributed by atoms with Gasteiger partial charge in [0.15, 0.2) is 0 Å². The van der Waals surface area contributed by atoms with Crippen molar-refractivity contribution in [3.63, 3.8) is 0 Å². The molecule has 0 radical (unpaired) electrons. The molecular weight excluding hydrogens is 243 g/mol. The highest BCUT2D eigenvalue weighted by Crippen LogP contribution is 2.20. The molecule has 2 rings (SSSR count). The van der Waals surface area contributed by atoms with Gasteiger partial charge in [-0.15, -0.1) is 0 Å². The van der Waals surface area contributed by atoms with Gasteiger partial charge < -0.3 is 10.2 Å². The minimum atomic E-state index is -0.207. The van der Waals surface area contributed by atoms with E-state index >= 15 is 0 Å². The van der Waals surface area contributed by atoms with Gasteiger partial charge in [0.1, 0.15) is 5.82 Å². The highest BCUT2D eigenvalue weighted by atomic mass is 19.1. The van der Waals surface area contributed by atoms with Crippen molar-refractivity contribution in [1.82, 2.24) is 10.2 Å². The van der Waals surface area contributed by atoms with Gasteiger partial charge in [-0.2, -0.15) is 0 Å². The molecule has 1 aromatic rings. The first-order valence-electron chi connectivity index (χ1n) is 6.85. The summed E-state index contributed by atoms with van der Waals surface area (Å²) in [6.07, 6.45) is 2.43. The molecule has 104 valence electrons. The van der Waals surface area contributed by atoms with E-state index in [9.17, 15) is 9.18 Å². The van der Waals surface area contributed by atoms with Gasteiger partial charge >= 0.3 is 0 Å². The second-order valence-electron chi connectivity index (χ2n) is 5.19. The van der Waals surface area contributed by atoms with Crippen LogP contribution >= 0.6 is 0 Å². The highest BCUT2D eigenvalue weighted by Gasteiger charge is 2.24. The van der Waals surface area contributed by atoms with Crippen molar-refractivity contribution in [2.24, 2.45) is 0 Å². The third kappa shape index (κ3) is 3.53. The fourth-order valence-corrected chi connectivity index (χ4v) is 2.58. The number of carbonyl (C=O) groups is 1. The van der Waals surface area contributed by atoms with Crippen LogP contribution in [0.3, 0.4) is 0 Å². The number of hydrogen-bond donors (Lipinski definition) is 1. The summed E-state index contributed by atoms with van der Waals surface area (Å²) in [5.41, 5.74) is 1.10. The number of piperidine rings is 1. The summed E-state index contributed by atoms with van der Waals surface area (Å²) >= 11 is 0. The Morgan fingerprint density at radius 2 is 2.11 bits per heavy atom. The van der Waals surface area contributed by atoms with Crippen molar-refractivity contribution >= 4 is 5.91 Å². The predicted molar refractivity (Wildman–Crippen MR) is 73.2 cm³/mol. The van der Waals surface area contributed by atoms with Crippen LogP contribution in [-0.2, 0) is 4.79 Å². The average Bonchev–Trinajstić information content (AvgIpc) is 2.41. The standard InChI is InChI=1S/C15H21FN2O/c1-3-14(11-4-6-12(16)7-5-11)17-13-8-9-15(19)18(2)10-13/h4-7,13-14,17H,3,8-10H2,1-2H3. The molecule has 3 nitrogen and oxygen atoms in total. The van der Waals surface area contributed by atoms with Crippen molar-refractivity contribution < 1.29 is 9.18 Å². The molecule has 1 fully saturated rings. The number of benzene rings is 1. The number of likely N-dealkylation sites (N-methyl/N-ethyl adjacent to an activating group) is 1. The van der Waals surface area contributed by atoms with Gasteiger partial charge in [-0.05, 0) is 30.5 Å². The molecule has 0 aromatic heterocycles. The number of carbonyl (C=O) groups excluding carboxylic acids is 1. The number of rotatable bonds is 4. The van der Waals surface area contributed by atoms with Crippen molar-refractivity contribution in [3.05, 3.63) is 35.6 Å². The molecule has 2 atom stereocenters. The average molecular weight is 264 g/mol. The van der Waals surface area contributed by atoms with Crippen LogP contribution in [-0.4, -0.2) is 30.4 Å². The summed E-state index contributed by atoms with van der Waals surface area (Å²) in [4.78, 5) is 13.2. The lowest BCUT2D eigenvalue weighted by molar-refractivity contribution is -0.132. The van der Waals surface area contributed by atoms with Crippen LogP contribution in [0.15, 0.2) is 24.3 Å². The summed E-state index contributed by atoms with van der Waals surface area (Å²) in [5.74, 6) is 0.00878. The zero-order valence-corrected chi connectivity index (χ0v) is 11.5. The molecule has 4 heteroatoms. The van der Waals surface area contributed by atoms with Crippen LogP contribution in [0.2, 0.25) is 0 Å². The molecule has 0 saturated carbocycles. The SMILES string of the molecule is CCC(NC1CCC(=O)N(C)C1)c1ccc(F)cc1. The summed E-state index contributed by atoms with van der Waals surface area (Å²) in [6.45, 7) is 2.86. The second kappa shape index (κ2) is 6.15. The molecule has 1 aliphatic rings. The number of likely N-dealkylation sites (tertiary alicyclic amines) is 1. The third-order valence-corrected chi connectivity index (χ3v) is 3.74. The molecule has 1 aliphatic heterocycles. The maximum Gasteiger partial charge on any atom is 0.222 e. The van der Waals surface area contributed by atoms with E-state index in [1.165, 1.54) is 12.1 Å². The number of nitrogens with one attached hydrogen (secondary N) is 1.